The van der Waals surface area contributed by atoms with Crippen molar-refractivity contribution in [3.05, 3.63) is 48.5 Å². The number of hydrogen-bond acceptors (Lipinski definition) is 4. The second-order valence-electron chi connectivity index (χ2n) is 4.53. The summed E-state index contributed by atoms with van der Waals surface area (Å²) < 4.78 is 16.0. The Bertz CT molecular complexity index is 629. The molecule has 6 nitrogen and oxygen atoms in total. The van der Waals surface area contributed by atoms with Gasteiger partial charge in [0.15, 0.2) is 18.2 Å². The molecule has 2 aromatic carbocycles. The van der Waals surface area contributed by atoms with E-state index < -0.39 is 0 Å². The molecule has 2 amide bonds. The van der Waals surface area contributed by atoms with E-state index in [2.05, 4.69) is 10.6 Å². The van der Waals surface area contributed by atoms with Crippen LogP contribution in [0.4, 0.5) is 10.5 Å². The van der Waals surface area contributed by atoms with Gasteiger partial charge in [0.2, 0.25) is 0 Å². The van der Waals surface area contributed by atoms with E-state index in [-0.39, 0.29) is 12.8 Å². The van der Waals surface area contributed by atoms with Gasteiger partial charge in [-0.1, -0.05) is 12.1 Å². The van der Waals surface area contributed by atoms with Crippen LogP contribution in [0.1, 0.15) is 6.92 Å². The fraction of sp³-hybridized carbons (Fsp3) is 0.235. The first-order chi connectivity index (χ1) is 11.2. The van der Waals surface area contributed by atoms with Gasteiger partial charge in [0, 0.05) is 5.69 Å². The maximum Gasteiger partial charge on any atom is 0.321 e. The smallest absolute Gasteiger partial charge is 0.321 e. The molecule has 2 N–H and O–H groups in total. The third-order valence-corrected chi connectivity index (χ3v) is 2.95. The lowest BCUT2D eigenvalue weighted by atomic mass is 10.3. The van der Waals surface area contributed by atoms with E-state index in [4.69, 9.17) is 14.2 Å². The molecule has 0 saturated carbocycles. The van der Waals surface area contributed by atoms with Gasteiger partial charge in [0.05, 0.1) is 13.7 Å². The quantitative estimate of drug-likeness (QED) is 0.769. The van der Waals surface area contributed by atoms with E-state index in [1.807, 2.05) is 19.1 Å². The van der Waals surface area contributed by atoms with Crippen molar-refractivity contribution >= 4 is 11.7 Å². The predicted octanol–water partition coefficient (Wildman–Crippen LogP) is 3.25. The van der Waals surface area contributed by atoms with Crippen molar-refractivity contribution in [1.82, 2.24) is 5.32 Å². The maximum atomic E-state index is 11.8. The SMILES string of the molecule is CCOc1ccc(NC(=O)NCOc2ccccc2OC)cc1. The van der Waals surface area contributed by atoms with Crippen molar-refractivity contribution < 1.29 is 19.0 Å². The molecule has 0 atom stereocenters. The number of anilines is 1. The average molecular weight is 316 g/mol. The van der Waals surface area contributed by atoms with Crippen LogP contribution in [0.3, 0.4) is 0 Å². The zero-order valence-electron chi connectivity index (χ0n) is 13.2. The van der Waals surface area contributed by atoms with E-state index in [9.17, 15) is 4.79 Å². The van der Waals surface area contributed by atoms with Crippen molar-refractivity contribution in [2.45, 2.75) is 6.92 Å². The molecule has 0 unspecified atom stereocenters. The van der Waals surface area contributed by atoms with Gasteiger partial charge in [-0.2, -0.15) is 0 Å². The van der Waals surface area contributed by atoms with Crippen LogP contribution >= 0.6 is 0 Å². The van der Waals surface area contributed by atoms with Gasteiger partial charge in [-0.25, -0.2) is 4.79 Å². The third kappa shape index (κ3) is 5.10. The summed E-state index contributed by atoms with van der Waals surface area (Å²) in [5, 5.41) is 5.32. The predicted molar refractivity (Wildman–Crippen MR) is 88.3 cm³/mol. The number of para-hydroxylation sites is 2. The zero-order valence-corrected chi connectivity index (χ0v) is 13.2. The summed E-state index contributed by atoms with van der Waals surface area (Å²) in [6.07, 6.45) is 0. The van der Waals surface area contributed by atoms with E-state index in [0.29, 0.717) is 23.8 Å². The highest BCUT2D eigenvalue weighted by Gasteiger charge is 2.04. The molecule has 0 radical (unpaired) electrons. The maximum absolute atomic E-state index is 11.8. The van der Waals surface area contributed by atoms with Gasteiger partial charge >= 0.3 is 6.03 Å². The lowest BCUT2D eigenvalue weighted by Crippen LogP contribution is -2.32. The minimum Gasteiger partial charge on any atom is -0.494 e. The second-order valence-corrected chi connectivity index (χ2v) is 4.53. The van der Waals surface area contributed by atoms with Crippen molar-refractivity contribution in [3.63, 3.8) is 0 Å². The Hall–Kier alpha value is -2.89. The zero-order chi connectivity index (χ0) is 16.5. The molecule has 2 rings (SSSR count). The molecule has 0 aliphatic rings. The van der Waals surface area contributed by atoms with E-state index in [1.165, 1.54) is 0 Å². The molecular formula is C17H20N2O4. The number of nitrogens with one attached hydrogen (secondary N) is 2. The Balaban J connectivity index is 1.78. The van der Waals surface area contributed by atoms with Gasteiger partial charge in [-0.05, 0) is 43.3 Å². The molecule has 0 bridgehead atoms. The number of rotatable bonds is 7. The number of carbonyl (C=O) groups excluding carboxylic acids is 1. The highest BCUT2D eigenvalue weighted by Crippen LogP contribution is 2.25. The minimum atomic E-state index is -0.357. The van der Waals surface area contributed by atoms with Crippen LogP contribution in [0.15, 0.2) is 48.5 Å². The largest absolute Gasteiger partial charge is 0.494 e. The standard InChI is InChI=1S/C17H20N2O4/c1-3-22-14-10-8-13(9-11-14)19-17(20)18-12-23-16-7-5-4-6-15(16)21-2/h4-11H,3,12H2,1-2H3,(H2,18,19,20). The average Bonchev–Trinajstić information content (AvgIpc) is 2.57. The molecule has 0 aromatic heterocycles. The summed E-state index contributed by atoms with van der Waals surface area (Å²) in [4.78, 5) is 11.8. The minimum absolute atomic E-state index is 0.0310. The van der Waals surface area contributed by atoms with Crippen LogP contribution in [-0.4, -0.2) is 26.5 Å². The molecule has 0 saturated heterocycles. The van der Waals surface area contributed by atoms with Gasteiger partial charge in [0.1, 0.15) is 5.75 Å². The first-order valence-electron chi connectivity index (χ1n) is 7.26. The third-order valence-electron chi connectivity index (χ3n) is 2.95. The summed E-state index contributed by atoms with van der Waals surface area (Å²) in [6, 6.07) is 14.0. The topological polar surface area (TPSA) is 68.8 Å². The van der Waals surface area contributed by atoms with Gasteiger partial charge in [-0.3, -0.25) is 0 Å². The van der Waals surface area contributed by atoms with Crippen molar-refractivity contribution in [3.8, 4) is 17.2 Å². The summed E-state index contributed by atoms with van der Waals surface area (Å²) in [6.45, 7) is 2.55. The van der Waals surface area contributed by atoms with Crippen molar-refractivity contribution in [2.24, 2.45) is 0 Å². The van der Waals surface area contributed by atoms with Crippen LogP contribution in [0, 0.1) is 0 Å². The van der Waals surface area contributed by atoms with Crippen LogP contribution in [0.2, 0.25) is 0 Å². The second kappa shape index (κ2) is 8.53. The van der Waals surface area contributed by atoms with Gasteiger partial charge in [0.25, 0.3) is 0 Å². The molecule has 23 heavy (non-hydrogen) atoms. The molecule has 122 valence electrons. The van der Waals surface area contributed by atoms with Gasteiger partial charge < -0.3 is 24.8 Å². The molecule has 0 spiro atoms. The summed E-state index contributed by atoms with van der Waals surface area (Å²) >= 11 is 0. The molecule has 0 fully saturated rings. The number of amides is 2. The van der Waals surface area contributed by atoms with Crippen molar-refractivity contribution in [1.29, 1.82) is 0 Å². The Labute approximate surface area is 135 Å². The summed E-state index contributed by atoms with van der Waals surface area (Å²) in [7, 11) is 1.56. The molecule has 0 heterocycles. The number of urea groups is 1. The Morgan fingerprint density at radius 1 is 1.00 bits per heavy atom. The van der Waals surface area contributed by atoms with Crippen LogP contribution < -0.4 is 24.8 Å². The van der Waals surface area contributed by atoms with Gasteiger partial charge in [-0.15, -0.1) is 0 Å². The summed E-state index contributed by atoms with van der Waals surface area (Å²) in [5.74, 6) is 1.94. The number of benzene rings is 2. The van der Waals surface area contributed by atoms with Crippen LogP contribution in [0.5, 0.6) is 17.2 Å². The number of methoxy groups -OCH3 is 1. The van der Waals surface area contributed by atoms with E-state index in [0.717, 1.165) is 5.75 Å². The fourth-order valence-electron chi connectivity index (χ4n) is 1.89. The molecule has 0 aliphatic carbocycles. The van der Waals surface area contributed by atoms with Crippen LogP contribution in [-0.2, 0) is 0 Å². The molecule has 2 aromatic rings. The highest BCUT2D eigenvalue weighted by atomic mass is 16.5. The lowest BCUT2D eigenvalue weighted by Gasteiger charge is -2.12. The van der Waals surface area contributed by atoms with E-state index >= 15 is 0 Å². The first-order valence-corrected chi connectivity index (χ1v) is 7.26. The van der Waals surface area contributed by atoms with E-state index in [1.54, 1.807) is 43.5 Å². The monoisotopic (exact) mass is 316 g/mol. The van der Waals surface area contributed by atoms with Crippen LogP contribution in [0.25, 0.3) is 0 Å². The highest BCUT2D eigenvalue weighted by molar-refractivity contribution is 5.89. The number of carbonyl (C=O) groups is 1. The number of hydrogen-bond donors (Lipinski definition) is 2. The molecule has 6 heteroatoms. The number of ether oxygens (including phenoxy) is 3. The Kier molecular flexibility index (Phi) is 6.11. The summed E-state index contributed by atoms with van der Waals surface area (Å²) in [5.41, 5.74) is 0.670. The normalized spacial score (nSPS) is 9.83. The molecule has 0 aliphatic heterocycles. The molecular weight excluding hydrogens is 296 g/mol. The Morgan fingerprint density at radius 3 is 2.35 bits per heavy atom. The fourth-order valence-corrected chi connectivity index (χ4v) is 1.89. The van der Waals surface area contributed by atoms with Crippen molar-refractivity contribution in [2.75, 3.05) is 25.8 Å². The first kappa shape index (κ1) is 16.5. The Morgan fingerprint density at radius 2 is 1.70 bits per heavy atom. The lowest BCUT2D eigenvalue weighted by molar-refractivity contribution is 0.231.